The molecule has 4 rings (SSSR count). The van der Waals surface area contributed by atoms with Crippen LogP contribution in [0.25, 0.3) is 22.6 Å². The van der Waals surface area contributed by atoms with Crippen LogP contribution in [-0.2, 0) is 5.66 Å². The average molecular weight is 346 g/mol. The molecule has 0 amide bonds. The van der Waals surface area contributed by atoms with E-state index in [1.807, 2.05) is 54.1 Å². The first kappa shape index (κ1) is 16.5. The Bertz CT molecular complexity index is 1070. The van der Waals surface area contributed by atoms with Crippen LogP contribution in [0.5, 0.6) is 0 Å². The van der Waals surface area contributed by atoms with E-state index in [0.717, 1.165) is 28.8 Å². The normalized spacial score (nSPS) is 18.0. The number of fused-ring (bicyclic) bond motifs is 3. The van der Waals surface area contributed by atoms with Crippen LogP contribution in [0, 0.1) is 13.8 Å². The van der Waals surface area contributed by atoms with Crippen molar-refractivity contribution in [2.75, 3.05) is 5.32 Å². The fraction of sp³-hybridized carbons (Fsp3) is 0.286. The molecule has 0 fully saturated rings. The molecule has 5 heteroatoms. The van der Waals surface area contributed by atoms with Crippen molar-refractivity contribution in [3.8, 4) is 22.6 Å². The molecular formula is C21H22N4O. The maximum Gasteiger partial charge on any atom is 0.300 e. The van der Waals surface area contributed by atoms with Crippen molar-refractivity contribution in [2.24, 2.45) is 0 Å². The van der Waals surface area contributed by atoms with E-state index >= 15 is 0 Å². The molecule has 26 heavy (non-hydrogen) atoms. The molecule has 132 valence electrons. The van der Waals surface area contributed by atoms with Gasteiger partial charge in [0.1, 0.15) is 5.66 Å². The van der Waals surface area contributed by atoms with Crippen molar-refractivity contribution in [2.45, 2.75) is 39.8 Å². The Labute approximate surface area is 152 Å². The summed E-state index contributed by atoms with van der Waals surface area (Å²) in [6.45, 7) is 8.27. The Morgan fingerprint density at radius 3 is 2.62 bits per heavy atom. The number of benzene rings is 2. The third-order valence-corrected chi connectivity index (χ3v) is 5.32. The largest absolute Gasteiger partial charge is 0.361 e. The summed E-state index contributed by atoms with van der Waals surface area (Å²) in [4.78, 5) is 17.2. The standard InChI is InChI=1S/C21H22N4O/c1-5-21(4)23-17-9-7-6-8-16(17)19-22-20(26)18(24-25(19)21)15-11-10-13(2)14(3)12-15/h6-12,23H,5H2,1-4H3. The van der Waals surface area contributed by atoms with Gasteiger partial charge in [-0.1, -0.05) is 31.2 Å². The minimum absolute atomic E-state index is 0.297. The van der Waals surface area contributed by atoms with Gasteiger partial charge in [-0.15, -0.1) is 0 Å². The number of nitrogens with one attached hydrogen (secondary N) is 1. The van der Waals surface area contributed by atoms with E-state index in [9.17, 15) is 4.79 Å². The van der Waals surface area contributed by atoms with E-state index in [1.165, 1.54) is 5.56 Å². The first-order valence-electron chi connectivity index (χ1n) is 8.90. The second-order valence-corrected chi connectivity index (χ2v) is 7.10. The molecule has 1 aliphatic heterocycles. The van der Waals surface area contributed by atoms with Crippen LogP contribution in [0.15, 0.2) is 47.3 Å². The van der Waals surface area contributed by atoms with Crippen molar-refractivity contribution in [1.29, 1.82) is 0 Å². The fourth-order valence-electron chi connectivity index (χ4n) is 3.34. The summed E-state index contributed by atoms with van der Waals surface area (Å²) < 4.78 is 1.86. The van der Waals surface area contributed by atoms with Crippen molar-refractivity contribution in [1.82, 2.24) is 14.8 Å². The average Bonchev–Trinajstić information content (AvgIpc) is 2.64. The fourth-order valence-corrected chi connectivity index (χ4v) is 3.34. The smallest absolute Gasteiger partial charge is 0.300 e. The van der Waals surface area contributed by atoms with Gasteiger partial charge in [0.25, 0.3) is 5.56 Å². The Kier molecular flexibility index (Phi) is 3.68. The summed E-state index contributed by atoms with van der Waals surface area (Å²) in [6, 6.07) is 13.9. The highest BCUT2D eigenvalue weighted by Crippen LogP contribution is 2.37. The third kappa shape index (κ3) is 2.43. The van der Waals surface area contributed by atoms with E-state index in [2.05, 4.69) is 31.1 Å². The molecule has 2 heterocycles. The van der Waals surface area contributed by atoms with E-state index < -0.39 is 5.66 Å². The highest BCUT2D eigenvalue weighted by Gasteiger charge is 2.34. The second-order valence-electron chi connectivity index (χ2n) is 7.10. The quantitative estimate of drug-likeness (QED) is 0.759. The van der Waals surface area contributed by atoms with E-state index in [-0.39, 0.29) is 5.56 Å². The topological polar surface area (TPSA) is 59.8 Å². The van der Waals surface area contributed by atoms with Crippen LogP contribution >= 0.6 is 0 Å². The summed E-state index contributed by atoms with van der Waals surface area (Å²) in [6.07, 6.45) is 0.804. The molecule has 1 aliphatic rings. The van der Waals surface area contributed by atoms with Gasteiger partial charge >= 0.3 is 0 Å². The second kappa shape index (κ2) is 5.80. The predicted octanol–water partition coefficient (Wildman–Crippen LogP) is 4.10. The van der Waals surface area contributed by atoms with Crippen LogP contribution in [0.3, 0.4) is 0 Å². The van der Waals surface area contributed by atoms with Gasteiger partial charge in [-0.05, 0) is 56.5 Å². The molecule has 1 atom stereocenters. The predicted molar refractivity (Wildman–Crippen MR) is 104 cm³/mol. The number of hydrogen-bond acceptors (Lipinski definition) is 4. The number of anilines is 1. The SMILES string of the molecule is CCC1(C)Nc2ccccc2-c2nc(=O)c(-c3ccc(C)c(C)c3)nn21. The van der Waals surface area contributed by atoms with Crippen LogP contribution < -0.4 is 10.9 Å². The third-order valence-electron chi connectivity index (χ3n) is 5.32. The van der Waals surface area contributed by atoms with Gasteiger partial charge in [0.05, 0.1) is 0 Å². The van der Waals surface area contributed by atoms with Crippen LogP contribution in [0.1, 0.15) is 31.4 Å². The molecule has 0 spiro atoms. The molecule has 1 aromatic heterocycles. The van der Waals surface area contributed by atoms with Crippen molar-refractivity contribution >= 4 is 5.69 Å². The van der Waals surface area contributed by atoms with Gasteiger partial charge in [-0.2, -0.15) is 10.1 Å². The van der Waals surface area contributed by atoms with Gasteiger partial charge in [0, 0.05) is 16.8 Å². The zero-order valence-corrected chi connectivity index (χ0v) is 15.5. The molecule has 0 aliphatic carbocycles. The first-order valence-corrected chi connectivity index (χ1v) is 8.90. The molecule has 0 radical (unpaired) electrons. The summed E-state index contributed by atoms with van der Waals surface area (Å²) in [7, 11) is 0. The highest BCUT2D eigenvalue weighted by atomic mass is 16.1. The lowest BCUT2D eigenvalue weighted by Crippen LogP contribution is -2.44. The minimum Gasteiger partial charge on any atom is -0.361 e. The Morgan fingerprint density at radius 2 is 1.88 bits per heavy atom. The highest BCUT2D eigenvalue weighted by molar-refractivity contribution is 5.76. The molecule has 0 bridgehead atoms. The number of aromatic nitrogens is 3. The van der Waals surface area contributed by atoms with Gasteiger partial charge in [-0.3, -0.25) is 4.79 Å². The summed E-state index contributed by atoms with van der Waals surface area (Å²) in [5.41, 5.74) is 4.64. The molecule has 0 saturated carbocycles. The maximum atomic E-state index is 12.8. The lowest BCUT2D eigenvalue weighted by Gasteiger charge is -2.38. The molecule has 1 unspecified atom stereocenters. The molecule has 2 aromatic carbocycles. The number of nitrogens with zero attached hydrogens (tertiary/aromatic N) is 3. The van der Waals surface area contributed by atoms with E-state index in [0.29, 0.717) is 11.5 Å². The minimum atomic E-state index is -0.446. The zero-order chi connectivity index (χ0) is 18.5. The summed E-state index contributed by atoms with van der Waals surface area (Å²) >= 11 is 0. The Balaban J connectivity index is 1.99. The van der Waals surface area contributed by atoms with Gasteiger partial charge < -0.3 is 5.32 Å². The zero-order valence-electron chi connectivity index (χ0n) is 15.5. The van der Waals surface area contributed by atoms with Gasteiger partial charge in [-0.25, -0.2) is 4.68 Å². The molecule has 1 N–H and O–H groups in total. The lowest BCUT2D eigenvalue weighted by atomic mass is 10.0. The van der Waals surface area contributed by atoms with E-state index in [4.69, 9.17) is 5.10 Å². The van der Waals surface area contributed by atoms with E-state index in [1.54, 1.807) is 0 Å². The van der Waals surface area contributed by atoms with Crippen molar-refractivity contribution < 1.29 is 0 Å². The number of aryl methyl sites for hydroxylation is 2. The number of para-hydroxylation sites is 1. The summed E-state index contributed by atoms with van der Waals surface area (Å²) in [5.74, 6) is 0.612. The van der Waals surface area contributed by atoms with Crippen molar-refractivity contribution in [3.63, 3.8) is 0 Å². The van der Waals surface area contributed by atoms with Crippen LogP contribution in [-0.4, -0.2) is 14.8 Å². The maximum absolute atomic E-state index is 12.8. The van der Waals surface area contributed by atoms with Gasteiger partial charge in [0.15, 0.2) is 11.5 Å². The number of hydrogen-bond donors (Lipinski definition) is 1. The monoisotopic (exact) mass is 346 g/mol. The molecular weight excluding hydrogens is 324 g/mol. The molecule has 3 aromatic rings. The molecule has 0 saturated heterocycles. The van der Waals surface area contributed by atoms with Gasteiger partial charge in [0.2, 0.25) is 0 Å². The van der Waals surface area contributed by atoms with Crippen LogP contribution in [0.4, 0.5) is 5.69 Å². The first-order chi connectivity index (χ1) is 12.4. The lowest BCUT2D eigenvalue weighted by molar-refractivity contribution is 0.312. The van der Waals surface area contributed by atoms with Crippen LogP contribution in [0.2, 0.25) is 0 Å². The van der Waals surface area contributed by atoms with Crippen molar-refractivity contribution in [3.05, 3.63) is 63.9 Å². The Hall–Kier alpha value is -2.95. The number of rotatable bonds is 2. The molecule has 5 nitrogen and oxygen atoms in total. The Morgan fingerprint density at radius 1 is 1.12 bits per heavy atom. The summed E-state index contributed by atoms with van der Waals surface area (Å²) in [5, 5.41) is 8.31.